The molecule has 0 fully saturated rings. The van der Waals surface area contributed by atoms with Crippen molar-refractivity contribution in [2.75, 3.05) is 13.1 Å². The molecule has 0 aromatic carbocycles. The molecule has 0 aromatic heterocycles. The van der Waals surface area contributed by atoms with Gasteiger partial charge in [0.2, 0.25) is 0 Å². The summed E-state index contributed by atoms with van der Waals surface area (Å²) in [6.07, 6.45) is 0. The van der Waals surface area contributed by atoms with Gasteiger partial charge in [-0.3, -0.25) is 0 Å². The monoisotopic (exact) mass is 145 g/mol. The predicted molar refractivity (Wildman–Crippen MR) is 46.4 cm³/mol. The quantitative estimate of drug-likeness (QED) is 0.544. The summed E-state index contributed by atoms with van der Waals surface area (Å²) in [7, 11) is -0.463. The Labute approximate surface area is 60.7 Å². The standard InChI is InChI=1S/C7H19NSi/c1-5-8(6-2)9(4)7-3/h9H,5-7H2,1-4H3. The Kier molecular flexibility index (Phi) is 5.10. The molecule has 0 rings (SSSR count). The molecule has 0 aliphatic rings. The Hall–Kier alpha value is 0.177. The third-order valence-corrected chi connectivity index (χ3v) is 5.19. The summed E-state index contributed by atoms with van der Waals surface area (Å²) in [5.41, 5.74) is 0. The fourth-order valence-corrected chi connectivity index (χ4v) is 2.87. The number of nitrogens with zero attached hydrogens (tertiary/aromatic N) is 1. The summed E-state index contributed by atoms with van der Waals surface area (Å²) in [6.45, 7) is 11.7. The molecular formula is C7H19NSi. The van der Waals surface area contributed by atoms with Crippen LogP contribution in [-0.2, 0) is 0 Å². The molecule has 0 aliphatic carbocycles. The fraction of sp³-hybridized carbons (Fsp3) is 1.00. The van der Waals surface area contributed by atoms with Crippen molar-refractivity contribution in [1.82, 2.24) is 4.57 Å². The van der Waals surface area contributed by atoms with Crippen LogP contribution >= 0.6 is 0 Å². The fourth-order valence-electron chi connectivity index (χ4n) is 1.11. The summed E-state index contributed by atoms with van der Waals surface area (Å²) >= 11 is 0. The molecule has 0 aromatic rings. The molecular weight excluding hydrogens is 126 g/mol. The van der Waals surface area contributed by atoms with Crippen LogP contribution in [0.5, 0.6) is 0 Å². The lowest BCUT2D eigenvalue weighted by atomic mass is 10.7. The first-order valence-electron chi connectivity index (χ1n) is 4.00. The minimum absolute atomic E-state index is 0.463. The zero-order valence-corrected chi connectivity index (χ0v) is 8.30. The zero-order chi connectivity index (χ0) is 7.28. The van der Waals surface area contributed by atoms with Gasteiger partial charge in [0, 0.05) is 0 Å². The van der Waals surface area contributed by atoms with Crippen molar-refractivity contribution in [2.24, 2.45) is 0 Å². The van der Waals surface area contributed by atoms with E-state index in [1.54, 1.807) is 0 Å². The van der Waals surface area contributed by atoms with Crippen LogP contribution in [0.2, 0.25) is 12.6 Å². The summed E-state index contributed by atoms with van der Waals surface area (Å²) in [5, 5.41) is 0. The molecule has 0 saturated carbocycles. The summed E-state index contributed by atoms with van der Waals surface area (Å²) < 4.78 is 2.61. The van der Waals surface area contributed by atoms with Crippen molar-refractivity contribution in [3.63, 3.8) is 0 Å². The lowest BCUT2D eigenvalue weighted by molar-refractivity contribution is 0.480. The van der Waals surface area contributed by atoms with E-state index in [0.717, 1.165) is 0 Å². The number of rotatable bonds is 4. The van der Waals surface area contributed by atoms with E-state index in [9.17, 15) is 0 Å². The minimum Gasteiger partial charge on any atom is -0.327 e. The van der Waals surface area contributed by atoms with Crippen LogP contribution in [0.15, 0.2) is 0 Å². The molecule has 1 unspecified atom stereocenters. The van der Waals surface area contributed by atoms with Crippen molar-refractivity contribution in [1.29, 1.82) is 0 Å². The Morgan fingerprint density at radius 1 is 1.11 bits per heavy atom. The largest absolute Gasteiger partial charge is 0.327 e. The molecule has 0 amide bonds. The van der Waals surface area contributed by atoms with E-state index >= 15 is 0 Å². The average molecular weight is 145 g/mol. The van der Waals surface area contributed by atoms with Gasteiger partial charge in [-0.05, 0) is 13.1 Å². The second-order valence-corrected chi connectivity index (χ2v) is 5.72. The van der Waals surface area contributed by atoms with Gasteiger partial charge in [-0.15, -0.1) is 0 Å². The van der Waals surface area contributed by atoms with Crippen molar-refractivity contribution in [3.8, 4) is 0 Å². The van der Waals surface area contributed by atoms with E-state index in [1.165, 1.54) is 19.1 Å². The van der Waals surface area contributed by atoms with E-state index in [-0.39, 0.29) is 0 Å². The molecule has 0 N–H and O–H groups in total. The van der Waals surface area contributed by atoms with Crippen LogP contribution in [0.1, 0.15) is 20.8 Å². The summed E-state index contributed by atoms with van der Waals surface area (Å²) in [6, 6.07) is 1.40. The molecule has 0 bridgehead atoms. The Morgan fingerprint density at radius 2 is 1.56 bits per heavy atom. The van der Waals surface area contributed by atoms with Crippen LogP contribution < -0.4 is 0 Å². The molecule has 0 radical (unpaired) electrons. The summed E-state index contributed by atoms with van der Waals surface area (Å²) in [4.78, 5) is 0. The van der Waals surface area contributed by atoms with Crippen molar-refractivity contribution in [2.45, 2.75) is 33.4 Å². The highest BCUT2D eigenvalue weighted by molar-refractivity contribution is 6.54. The molecule has 0 spiro atoms. The molecule has 0 aliphatic heterocycles. The van der Waals surface area contributed by atoms with Crippen molar-refractivity contribution < 1.29 is 0 Å². The van der Waals surface area contributed by atoms with E-state index in [0.29, 0.717) is 0 Å². The molecule has 9 heavy (non-hydrogen) atoms. The second-order valence-electron chi connectivity index (χ2n) is 2.48. The van der Waals surface area contributed by atoms with Crippen LogP contribution in [0.3, 0.4) is 0 Å². The molecule has 1 nitrogen and oxygen atoms in total. The van der Waals surface area contributed by atoms with E-state index < -0.39 is 8.96 Å². The van der Waals surface area contributed by atoms with Crippen molar-refractivity contribution >= 4 is 8.96 Å². The molecule has 0 heterocycles. The first-order valence-corrected chi connectivity index (χ1v) is 6.49. The van der Waals surface area contributed by atoms with Crippen LogP contribution in [0.25, 0.3) is 0 Å². The second kappa shape index (κ2) is 5.00. The topological polar surface area (TPSA) is 3.24 Å². The first kappa shape index (κ1) is 9.18. The van der Waals surface area contributed by atoms with E-state index in [4.69, 9.17) is 0 Å². The lowest BCUT2D eigenvalue weighted by Gasteiger charge is -2.23. The minimum atomic E-state index is -0.463. The highest BCUT2D eigenvalue weighted by Crippen LogP contribution is 1.97. The average Bonchev–Trinajstić information content (AvgIpc) is 1.90. The zero-order valence-electron chi connectivity index (χ0n) is 7.15. The molecule has 0 saturated heterocycles. The van der Waals surface area contributed by atoms with Gasteiger partial charge >= 0.3 is 0 Å². The van der Waals surface area contributed by atoms with Gasteiger partial charge in [0.15, 0.2) is 0 Å². The highest BCUT2D eigenvalue weighted by Gasteiger charge is 2.07. The van der Waals surface area contributed by atoms with E-state index in [1.807, 2.05) is 0 Å². The first-order chi connectivity index (χ1) is 4.26. The molecule has 56 valence electrons. The number of hydrogen-bond acceptors (Lipinski definition) is 1. The number of hydrogen-bond donors (Lipinski definition) is 0. The Morgan fingerprint density at radius 3 is 1.67 bits per heavy atom. The smallest absolute Gasteiger partial charge is 0.108 e. The summed E-state index contributed by atoms with van der Waals surface area (Å²) in [5.74, 6) is 0. The van der Waals surface area contributed by atoms with E-state index in [2.05, 4.69) is 31.9 Å². The van der Waals surface area contributed by atoms with Gasteiger partial charge in [-0.2, -0.15) is 0 Å². The maximum atomic E-state index is 2.61. The highest BCUT2D eigenvalue weighted by atomic mass is 28.3. The van der Waals surface area contributed by atoms with Crippen molar-refractivity contribution in [3.05, 3.63) is 0 Å². The van der Waals surface area contributed by atoms with Gasteiger partial charge in [0.25, 0.3) is 0 Å². The third-order valence-electron chi connectivity index (χ3n) is 2.03. The Bertz CT molecular complexity index is 61.9. The predicted octanol–water partition coefficient (Wildman–Crippen LogP) is 1.70. The maximum Gasteiger partial charge on any atom is 0.108 e. The van der Waals surface area contributed by atoms with Gasteiger partial charge in [0.05, 0.1) is 0 Å². The van der Waals surface area contributed by atoms with Crippen LogP contribution in [-0.4, -0.2) is 26.6 Å². The van der Waals surface area contributed by atoms with Gasteiger partial charge in [-0.1, -0.05) is 33.4 Å². The van der Waals surface area contributed by atoms with Gasteiger partial charge in [0.1, 0.15) is 8.96 Å². The molecule has 1 atom stereocenters. The molecule has 2 heteroatoms. The third kappa shape index (κ3) is 3.01. The van der Waals surface area contributed by atoms with Gasteiger partial charge in [-0.25, -0.2) is 0 Å². The van der Waals surface area contributed by atoms with Crippen LogP contribution in [0, 0.1) is 0 Å². The lowest BCUT2D eigenvalue weighted by Crippen LogP contribution is -2.35. The SMILES string of the molecule is CCN(CC)[SiH](C)CC. The van der Waals surface area contributed by atoms with Crippen LogP contribution in [0.4, 0.5) is 0 Å². The van der Waals surface area contributed by atoms with Gasteiger partial charge < -0.3 is 4.57 Å². The Balaban J connectivity index is 3.50. The normalized spacial score (nSPS) is 14.3. The maximum absolute atomic E-state index is 2.61.